The van der Waals surface area contributed by atoms with Crippen LogP contribution in [0.3, 0.4) is 0 Å². The predicted octanol–water partition coefficient (Wildman–Crippen LogP) is 3.79. The molecule has 7 nitrogen and oxygen atoms in total. The van der Waals surface area contributed by atoms with Gasteiger partial charge in [-0.05, 0) is 49.1 Å². The standard InChI is InChI=1S/C22H23F3N6O/c23-22(24,25)18-4-1-9-27-20(18)30-12-2-3-17(15-30)21(32)28-19-8-14-31(29-19)13-7-16-5-10-26-11-6-16/h1,4-6,8-11,14,17H,2-3,7,12-13,15H2,(H,28,29,32). The summed E-state index contributed by atoms with van der Waals surface area (Å²) in [6, 6.07) is 7.88. The van der Waals surface area contributed by atoms with E-state index in [4.69, 9.17) is 0 Å². The molecule has 4 rings (SSSR count). The molecule has 1 aliphatic rings. The highest BCUT2D eigenvalue weighted by Gasteiger charge is 2.37. The van der Waals surface area contributed by atoms with Gasteiger partial charge in [0, 0.05) is 50.5 Å². The molecule has 1 fully saturated rings. The first kappa shape index (κ1) is 21.8. The second-order valence-corrected chi connectivity index (χ2v) is 7.72. The molecule has 0 saturated carbocycles. The molecule has 0 radical (unpaired) electrons. The van der Waals surface area contributed by atoms with Crippen LogP contribution in [0.1, 0.15) is 24.0 Å². The maximum atomic E-state index is 13.4. The third-order valence-electron chi connectivity index (χ3n) is 5.45. The number of rotatable bonds is 6. The first-order valence-electron chi connectivity index (χ1n) is 10.4. The SMILES string of the molecule is O=C(Nc1ccn(CCc2ccncc2)n1)C1CCCN(c2ncccc2C(F)(F)F)C1. The van der Waals surface area contributed by atoms with Gasteiger partial charge in [0.2, 0.25) is 5.91 Å². The number of carbonyl (C=O) groups is 1. The minimum Gasteiger partial charge on any atom is -0.355 e. The van der Waals surface area contributed by atoms with Gasteiger partial charge in [0.05, 0.1) is 11.5 Å². The summed E-state index contributed by atoms with van der Waals surface area (Å²) in [4.78, 5) is 22.3. The Bertz CT molecular complexity index is 1050. The number of aryl methyl sites for hydroxylation is 2. The summed E-state index contributed by atoms with van der Waals surface area (Å²) >= 11 is 0. The van der Waals surface area contributed by atoms with Crippen LogP contribution in [0.4, 0.5) is 24.8 Å². The fourth-order valence-corrected chi connectivity index (χ4v) is 3.83. The lowest BCUT2D eigenvalue weighted by atomic mass is 9.96. The van der Waals surface area contributed by atoms with E-state index in [1.165, 1.54) is 12.3 Å². The van der Waals surface area contributed by atoms with E-state index in [0.29, 0.717) is 31.7 Å². The molecule has 3 aromatic heterocycles. The van der Waals surface area contributed by atoms with Crippen LogP contribution < -0.4 is 10.2 Å². The molecule has 1 unspecified atom stereocenters. The molecule has 1 saturated heterocycles. The largest absolute Gasteiger partial charge is 0.419 e. The zero-order chi connectivity index (χ0) is 22.6. The third kappa shape index (κ3) is 5.24. The molecule has 1 atom stereocenters. The molecule has 0 aromatic carbocycles. The van der Waals surface area contributed by atoms with Crippen LogP contribution in [-0.4, -0.2) is 38.7 Å². The van der Waals surface area contributed by atoms with Crippen molar-refractivity contribution in [3.05, 3.63) is 66.2 Å². The van der Waals surface area contributed by atoms with Crippen LogP contribution in [0.5, 0.6) is 0 Å². The molecule has 3 aromatic rings. The normalized spacial score (nSPS) is 16.7. The number of aromatic nitrogens is 4. The summed E-state index contributed by atoms with van der Waals surface area (Å²) < 4.78 is 41.8. The van der Waals surface area contributed by atoms with E-state index in [2.05, 4.69) is 20.4 Å². The molecular formula is C22H23F3N6O. The van der Waals surface area contributed by atoms with Crippen molar-refractivity contribution in [2.24, 2.45) is 5.92 Å². The maximum Gasteiger partial charge on any atom is 0.419 e. The second-order valence-electron chi connectivity index (χ2n) is 7.72. The minimum atomic E-state index is -4.50. The Balaban J connectivity index is 1.37. The van der Waals surface area contributed by atoms with Gasteiger partial charge >= 0.3 is 6.18 Å². The fraction of sp³-hybridized carbons (Fsp3) is 0.364. The van der Waals surface area contributed by atoms with Crippen LogP contribution in [0.2, 0.25) is 0 Å². The summed E-state index contributed by atoms with van der Waals surface area (Å²) in [6.45, 7) is 1.25. The van der Waals surface area contributed by atoms with Gasteiger partial charge in [0.25, 0.3) is 0 Å². The second kappa shape index (κ2) is 9.37. The Morgan fingerprint density at radius 2 is 1.97 bits per heavy atom. The van der Waals surface area contributed by atoms with Crippen molar-refractivity contribution >= 4 is 17.5 Å². The van der Waals surface area contributed by atoms with Gasteiger partial charge in [-0.25, -0.2) is 4.98 Å². The van der Waals surface area contributed by atoms with Gasteiger partial charge in [-0.2, -0.15) is 18.3 Å². The minimum absolute atomic E-state index is 0.127. The van der Waals surface area contributed by atoms with Crippen molar-refractivity contribution in [3.63, 3.8) is 0 Å². The highest BCUT2D eigenvalue weighted by Crippen LogP contribution is 2.36. The molecule has 0 spiro atoms. The smallest absolute Gasteiger partial charge is 0.355 e. The van der Waals surface area contributed by atoms with Crippen molar-refractivity contribution in [1.82, 2.24) is 19.7 Å². The van der Waals surface area contributed by atoms with E-state index in [0.717, 1.165) is 18.1 Å². The Labute approximate surface area is 183 Å². The lowest BCUT2D eigenvalue weighted by molar-refractivity contribution is -0.137. The number of carbonyl (C=O) groups excluding carboxylic acids is 1. The molecular weight excluding hydrogens is 421 g/mol. The van der Waals surface area contributed by atoms with Crippen molar-refractivity contribution < 1.29 is 18.0 Å². The van der Waals surface area contributed by atoms with E-state index in [-0.39, 0.29) is 18.3 Å². The summed E-state index contributed by atoms with van der Waals surface area (Å²) in [5, 5.41) is 7.18. The zero-order valence-electron chi connectivity index (χ0n) is 17.3. The van der Waals surface area contributed by atoms with Crippen molar-refractivity contribution in [2.75, 3.05) is 23.3 Å². The number of hydrogen-bond donors (Lipinski definition) is 1. The van der Waals surface area contributed by atoms with Crippen molar-refractivity contribution in [1.29, 1.82) is 0 Å². The first-order chi connectivity index (χ1) is 15.4. The Hall–Kier alpha value is -3.43. The number of piperidine rings is 1. The Kier molecular flexibility index (Phi) is 6.38. The van der Waals surface area contributed by atoms with E-state index < -0.39 is 17.7 Å². The van der Waals surface area contributed by atoms with Gasteiger partial charge in [-0.3, -0.25) is 14.5 Å². The molecule has 1 aliphatic heterocycles. The maximum absolute atomic E-state index is 13.4. The number of amides is 1. The average molecular weight is 444 g/mol. The average Bonchev–Trinajstić information content (AvgIpc) is 3.25. The zero-order valence-corrected chi connectivity index (χ0v) is 17.3. The lowest BCUT2D eigenvalue weighted by Gasteiger charge is -2.34. The van der Waals surface area contributed by atoms with Gasteiger partial charge in [-0.15, -0.1) is 0 Å². The predicted molar refractivity (Wildman–Crippen MR) is 113 cm³/mol. The van der Waals surface area contributed by atoms with E-state index in [1.807, 2.05) is 12.1 Å². The van der Waals surface area contributed by atoms with Gasteiger partial charge in [0.1, 0.15) is 5.82 Å². The molecule has 1 amide bonds. The Morgan fingerprint density at radius 3 is 2.75 bits per heavy atom. The highest BCUT2D eigenvalue weighted by molar-refractivity contribution is 5.92. The van der Waals surface area contributed by atoms with Crippen LogP contribution in [0, 0.1) is 5.92 Å². The topological polar surface area (TPSA) is 75.9 Å². The number of alkyl halides is 3. The number of nitrogens with one attached hydrogen (secondary N) is 1. The summed E-state index contributed by atoms with van der Waals surface area (Å²) in [5.41, 5.74) is 0.352. The van der Waals surface area contributed by atoms with Gasteiger partial charge in [-0.1, -0.05) is 0 Å². The fourth-order valence-electron chi connectivity index (χ4n) is 3.83. The van der Waals surface area contributed by atoms with Crippen molar-refractivity contribution in [2.45, 2.75) is 32.0 Å². The number of hydrogen-bond acceptors (Lipinski definition) is 5. The first-order valence-corrected chi connectivity index (χ1v) is 10.4. The molecule has 32 heavy (non-hydrogen) atoms. The van der Waals surface area contributed by atoms with Gasteiger partial charge < -0.3 is 10.2 Å². The van der Waals surface area contributed by atoms with Crippen LogP contribution >= 0.6 is 0 Å². The number of halogens is 3. The lowest BCUT2D eigenvalue weighted by Crippen LogP contribution is -2.42. The monoisotopic (exact) mass is 444 g/mol. The summed E-state index contributed by atoms with van der Waals surface area (Å²) in [7, 11) is 0. The van der Waals surface area contributed by atoms with Crippen molar-refractivity contribution in [3.8, 4) is 0 Å². The molecule has 1 N–H and O–H groups in total. The Morgan fingerprint density at radius 1 is 1.16 bits per heavy atom. The van der Waals surface area contributed by atoms with E-state index in [1.54, 1.807) is 34.2 Å². The highest BCUT2D eigenvalue weighted by atomic mass is 19.4. The molecule has 4 heterocycles. The summed E-state index contributed by atoms with van der Waals surface area (Å²) in [6.07, 6.45) is 4.08. The molecule has 10 heteroatoms. The van der Waals surface area contributed by atoms with E-state index in [9.17, 15) is 18.0 Å². The molecule has 0 aliphatic carbocycles. The quantitative estimate of drug-likeness (QED) is 0.626. The summed E-state index contributed by atoms with van der Waals surface area (Å²) in [5.74, 6) is -0.402. The number of anilines is 2. The van der Waals surface area contributed by atoms with Crippen LogP contribution in [0.15, 0.2) is 55.1 Å². The number of nitrogens with zero attached hydrogens (tertiary/aromatic N) is 5. The van der Waals surface area contributed by atoms with Crippen LogP contribution in [-0.2, 0) is 23.9 Å². The van der Waals surface area contributed by atoms with E-state index >= 15 is 0 Å². The number of pyridine rings is 2. The molecule has 168 valence electrons. The van der Waals surface area contributed by atoms with Crippen LogP contribution in [0.25, 0.3) is 0 Å². The third-order valence-corrected chi connectivity index (χ3v) is 5.45. The molecule has 0 bridgehead atoms. The van der Waals surface area contributed by atoms with Gasteiger partial charge in [0.15, 0.2) is 5.82 Å².